The van der Waals surface area contributed by atoms with Gasteiger partial charge in [-0.1, -0.05) is 60.7 Å². The molecule has 0 heterocycles. The van der Waals surface area contributed by atoms with Crippen molar-refractivity contribution in [2.45, 2.75) is 13.2 Å². The molecule has 0 amide bonds. The molecule has 8 nitrogen and oxygen atoms in total. The van der Waals surface area contributed by atoms with Gasteiger partial charge >= 0.3 is 36.3 Å². The zero-order valence-corrected chi connectivity index (χ0v) is 17.8. The molecular weight excluding hydrogens is 561 g/mol. The van der Waals surface area contributed by atoms with Gasteiger partial charge in [-0.15, -0.1) is 0 Å². The minimum atomic E-state index is -4.24. The van der Waals surface area contributed by atoms with Crippen molar-refractivity contribution in [3.63, 3.8) is 0 Å². The van der Waals surface area contributed by atoms with Crippen LogP contribution >= 0.6 is 15.2 Å². The monoisotopic (exact) mass is 583 g/mol. The summed E-state index contributed by atoms with van der Waals surface area (Å²) < 4.78 is 33.7. The number of benzene rings is 2. The van der Waals surface area contributed by atoms with Crippen LogP contribution in [0.15, 0.2) is 60.7 Å². The van der Waals surface area contributed by atoms with Gasteiger partial charge in [-0.2, -0.15) is 0 Å². The Hall–Kier alpha value is -0.652. The van der Waals surface area contributed by atoms with Crippen molar-refractivity contribution >= 4 is 15.2 Å². The van der Waals surface area contributed by atoms with Crippen molar-refractivity contribution in [2.24, 2.45) is 0 Å². The summed E-state index contributed by atoms with van der Waals surface area (Å²) in [5, 5.41) is 0. The minimum absolute atomic E-state index is 0. The Balaban J connectivity index is 0. The zero-order chi connectivity index (χ0) is 16.8. The Morgan fingerprint density at radius 3 is 1.31 bits per heavy atom. The molecule has 0 aliphatic heterocycles. The predicted molar refractivity (Wildman–Crippen MR) is 97.5 cm³/mol. The van der Waals surface area contributed by atoms with E-state index in [-0.39, 0.29) is 46.6 Å². The molecule has 0 fully saturated rings. The first-order valence-electron chi connectivity index (χ1n) is 6.87. The van der Waals surface area contributed by atoms with Crippen LogP contribution in [-0.2, 0) is 52.5 Å². The average Bonchev–Trinajstić information content (AvgIpc) is 2.52. The van der Waals surface area contributed by atoms with Gasteiger partial charge in [0, 0.05) is 0 Å². The summed E-state index contributed by atoms with van der Waals surface area (Å²) in [5.41, 5.74) is 1.39. The molecule has 2 atom stereocenters. The third kappa shape index (κ3) is 10.5. The molecule has 6 N–H and O–H groups in total. The van der Waals surface area contributed by atoms with E-state index in [1.165, 1.54) is 0 Å². The molecule has 0 saturated carbocycles. The van der Waals surface area contributed by atoms with Crippen molar-refractivity contribution in [3.8, 4) is 0 Å². The third-order valence-electron chi connectivity index (χ3n) is 2.91. The summed E-state index contributed by atoms with van der Waals surface area (Å²) in [6.07, 6.45) is 0. The standard InChI is InChI=1S/C15H18O6P2.2H2N.Pt/c16-22(17,20-11-14-7-3-1-4-8-14)13-23(18,19)21-12-15-9-5-2-6-10-15;;;/h1-10H,11-13H2,(H,16,17)(H,18,19);2*1H2;/q;2*-1;+2. The second-order valence-electron chi connectivity index (χ2n) is 4.93. The maximum atomic E-state index is 11.9. The van der Waals surface area contributed by atoms with Crippen molar-refractivity contribution in [2.75, 3.05) is 5.90 Å². The molecular formula is C15H22N2O6P2Pt. The van der Waals surface area contributed by atoms with Crippen molar-refractivity contribution in [1.29, 1.82) is 0 Å². The number of hydrogen-bond acceptors (Lipinski definition) is 4. The van der Waals surface area contributed by atoms with Crippen molar-refractivity contribution < 1.29 is 49.0 Å². The molecule has 148 valence electrons. The number of nitrogens with two attached hydrogens (primary N) is 2. The normalized spacial score (nSPS) is 14.5. The quantitative estimate of drug-likeness (QED) is 0.407. The van der Waals surface area contributed by atoms with E-state index in [2.05, 4.69) is 0 Å². The van der Waals surface area contributed by atoms with E-state index in [4.69, 9.17) is 9.05 Å². The SMILES string of the molecule is O=P(O)(CP(=O)(O)OCc1ccccc1)OCc1ccccc1.[NH2-].[NH2-].[Pt+2]. The van der Waals surface area contributed by atoms with Crippen LogP contribution in [0.4, 0.5) is 0 Å². The fraction of sp³-hybridized carbons (Fsp3) is 0.200. The smallest absolute Gasteiger partial charge is 0.693 e. The first-order valence-corrected chi connectivity index (χ1v) is 10.4. The minimum Gasteiger partial charge on any atom is -0.693 e. The van der Waals surface area contributed by atoms with E-state index >= 15 is 0 Å². The van der Waals surface area contributed by atoms with E-state index < -0.39 is 21.1 Å². The summed E-state index contributed by atoms with van der Waals surface area (Å²) in [6, 6.07) is 17.6. The Morgan fingerprint density at radius 2 is 1.00 bits per heavy atom. The van der Waals surface area contributed by atoms with Crippen LogP contribution in [-0.4, -0.2) is 15.7 Å². The second-order valence-corrected chi connectivity index (χ2v) is 9.13. The van der Waals surface area contributed by atoms with E-state index in [1.807, 2.05) is 0 Å². The molecule has 0 spiro atoms. The maximum absolute atomic E-state index is 11.9. The molecule has 2 aromatic carbocycles. The molecule has 0 bridgehead atoms. The maximum Gasteiger partial charge on any atom is 2.00 e. The zero-order valence-electron chi connectivity index (χ0n) is 13.8. The van der Waals surface area contributed by atoms with Gasteiger partial charge in [0.1, 0.15) is 0 Å². The molecule has 0 aliphatic rings. The summed E-state index contributed by atoms with van der Waals surface area (Å²) in [6.45, 7) is -0.236. The molecule has 0 aromatic heterocycles. The van der Waals surface area contributed by atoms with Crippen LogP contribution in [0.2, 0.25) is 0 Å². The van der Waals surface area contributed by atoms with Crippen LogP contribution < -0.4 is 0 Å². The Labute approximate surface area is 167 Å². The van der Waals surface area contributed by atoms with Gasteiger partial charge in [-0.05, 0) is 11.1 Å². The molecule has 0 aliphatic carbocycles. The topological polar surface area (TPSA) is 160 Å². The van der Waals surface area contributed by atoms with Crippen LogP contribution in [0, 0.1) is 0 Å². The molecule has 0 saturated heterocycles. The van der Waals surface area contributed by atoms with Crippen molar-refractivity contribution in [3.05, 3.63) is 84.1 Å². The third-order valence-corrected chi connectivity index (χ3v) is 6.83. The fourth-order valence-electron chi connectivity index (χ4n) is 1.81. The Kier molecular flexibility index (Phi) is 13.4. The van der Waals surface area contributed by atoms with E-state index in [0.717, 1.165) is 0 Å². The second kappa shape index (κ2) is 12.7. The molecule has 2 unspecified atom stereocenters. The summed E-state index contributed by atoms with van der Waals surface area (Å²) in [7, 11) is -8.48. The predicted octanol–water partition coefficient (Wildman–Crippen LogP) is 5.18. The molecule has 26 heavy (non-hydrogen) atoms. The summed E-state index contributed by atoms with van der Waals surface area (Å²) in [4.78, 5) is 19.5. The first-order chi connectivity index (χ1) is 10.9. The van der Waals surface area contributed by atoms with Crippen LogP contribution in [0.3, 0.4) is 0 Å². The average molecular weight is 583 g/mol. The number of hydrogen-bond donors (Lipinski definition) is 2. The van der Waals surface area contributed by atoms with Crippen molar-refractivity contribution in [1.82, 2.24) is 0 Å². The Bertz CT molecular complexity index is 659. The summed E-state index contributed by atoms with van der Waals surface area (Å²) in [5.74, 6) is -0.945. The van der Waals surface area contributed by atoms with Gasteiger partial charge in [0.25, 0.3) is 0 Å². The van der Waals surface area contributed by atoms with Crippen LogP contribution in [0.25, 0.3) is 12.3 Å². The van der Waals surface area contributed by atoms with Crippen LogP contribution in [0.1, 0.15) is 11.1 Å². The number of rotatable bonds is 8. The van der Waals surface area contributed by atoms with Crippen LogP contribution in [0.5, 0.6) is 0 Å². The van der Waals surface area contributed by atoms with Gasteiger partial charge in [0.05, 0.1) is 13.2 Å². The Morgan fingerprint density at radius 1 is 0.692 bits per heavy atom. The van der Waals surface area contributed by atoms with Gasteiger partial charge in [-0.3, -0.25) is 9.13 Å². The van der Waals surface area contributed by atoms with Gasteiger partial charge in [0.2, 0.25) is 0 Å². The van der Waals surface area contributed by atoms with Gasteiger partial charge in [0.15, 0.2) is 5.90 Å². The van der Waals surface area contributed by atoms with E-state index in [9.17, 15) is 18.9 Å². The largest absolute Gasteiger partial charge is 2.00 e. The van der Waals surface area contributed by atoms with E-state index in [1.54, 1.807) is 60.7 Å². The molecule has 11 heteroatoms. The van der Waals surface area contributed by atoms with E-state index in [0.29, 0.717) is 11.1 Å². The van der Waals surface area contributed by atoms with Gasteiger partial charge in [-0.25, -0.2) is 0 Å². The summed E-state index contributed by atoms with van der Waals surface area (Å²) >= 11 is 0. The fourth-order valence-corrected chi connectivity index (χ4v) is 4.97. The first kappa shape index (κ1) is 27.6. The molecule has 2 aromatic rings. The molecule has 0 radical (unpaired) electrons. The molecule has 2 rings (SSSR count). The van der Waals surface area contributed by atoms with Gasteiger partial charge < -0.3 is 31.1 Å².